The van der Waals surface area contributed by atoms with Crippen molar-refractivity contribution in [3.05, 3.63) is 40.7 Å². The van der Waals surface area contributed by atoms with Crippen LogP contribution in [0, 0.1) is 0 Å². The van der Waals surface area contributed by atoms with Crippen LogP contribution in [0.5, 0.6) is 0 Å². The van der Waals surface area contributed by atoms with Gasteiger partial charge in [0.1, 0.15) is 10.8 Å². The molecule has 15 heavy (non-hydrogen) atoms. The number of pyridine rings is 1. The second kappa shape index (κ2) is 4.37. The minimum absolute atomic E-state index is 0.309. The second-order valence-electron chi connectivity index (χ2n) is 2.91. The predicted octanol–water partition coefficient (Wildman–Crippen LogP) is 2.52. The van der Waals surface area contributed by atoms with Crippen molar-refractivity contribution < 1.29 is 0 Å². The Hall–Kier alpha value is -1.46. The van der Waals surface area contributed by atoms with Crippen LogP contribution in [0.4, 0.5) is 11.5 Å². The normalized spacial score (nSPS) is 9.87. The molecule has 2 heterocycles. The lowest BCUT2D eigenvalue weighted by molar-refractivity contribution is 1.28. The second-order valence-corrected chi connectivity index (χ2v) is 4.13. The Morgan fingerprint density at radius 3 is 2.93 bits per heavy atom. The number of thiocarbonyl (C=S) groups is 1. The maximum Gasteiger partial charge on any atom is 0.131 e. The van der Waals surface area contributed by atoms with Crippen LogP contribution >= 0.6 is 23.6 Å². The van der Waals surface area contributed by atoms with Gasteiger partial charge in [-0.2, -0.15) is 11.3 Å². The van der Waals surface area contributed by atoms with E-state index in [9.17, 15) is 0 Å². The lowest BCUT2D eigenvalue weighted by atomic mass is 10.3. The number of rotatable bonds is 3. The Balaban J connectivity index is 2.22. The smallest absolute Gasteiger partial charge is 0.131 e. The minimum Gasteiger partial charge on any atom is -0.388 e. The molecule has 0 saturated heterocycles. The molecule has 2 aromatic rings. The summed E-state index contributed by atoms with van der Waals surface area (Å²) >= 11 is 6.49. The Morgan fingerprint density at radius 2 is 2.27 bits per heavy atom. The molecule has 5 heteroatoms. The number of nitrogens with one attached hydrogen (secondary N) is 1. The molecule has 0 aromatic carbocycles. The largest absolute Gasteiger partial charge is 0.388 e. The van der Waals surface area contributed by atoms with E-state index in [4.69, 9.17) is 18.0 Å². The molecule has 3 N–H and O–H groups in total. The number of nitrogens with zero attached hydrogens (tertiary/aromatic N) is 1. The van der Waals surface area contributed by atoms with E-state index in [-0.39, 0.29) is 0 Å². The van der Waals surface area contributed by atoms with E-state index in [1.807, 2.05) is 29.0 Å². The summed E-state index contributed by atoms with van der Waals surface area (Å²) in [6, 6.07) is 7.52. The molecule has 0 aliphatic heterocycles. The summed E-state index contributed by atoms with van der Waals surface area (Å²) in [6.07, 6.45) is 0. The van der Waals surface area contributed by atoms with E-state index in [1.54, 1.807) is 17.4 Å². The van der Waals surface area contributed by atoms with Gasteiger partial charge in [0.25, 0.3) is 0 Å². The molecule has 0 unspecified atom stereocenters. The predicted molar refractivity (Wildman–Crippen MR) is 67.7 cm³/mol. The van der Waals surface area contributed by atoms with Crippen molar-refractivity contribution in [3.63, 3.8) is 0 Å². The molecule has 0 fully saturated rings. The molecule has 0 aliphatic carbocycles. The van der Waals surface area contributed by atoms with Crippen LogP contribution in [0.15, 0.2) is 35.0 Å². The van der Waals surface area contributed by atoms with Crippen molar-refractivity contribution in [1.29, 1.82) is 0 Å². The maximum atomic E-state index is 5.50. The fraction of sp³-hybridized carbons (Fsp3) is 0. The standard InChI is InChI=1S/C10H9N3S2/c11-10(14)8-2-1-3-9(13-8)12-7-4-5-15-6-7/h1-6H,(H2,11,14)(H,12,13). The van der Waals surface area contributed by atoms with E-state index in [2.05, 4.69) is 10.3 Å². The molecular weight excluding hydrogens is 226 g/mol. The van der Waals surface area contributed by atoms with Crippen LogP contribution in [0.1, 0.15) is 5.69 Å². The van der Waals surface area contributed by atoms with Gasteiger partial charge in [-0.05, 0) is 23.6 Å². The SMILES string of the molecule is NC(=S)c1cccc(Nc2ccsc2)n1. The summed E-state index contributed by atoms with van der Waals surface area (Å²) < 4.78 is 0. The summed E-state index contributed by atoms with van der Waals surface area (Å²) in [7, 11) is 0. The fourth-order valence-corrected chi connectivity index (χ4v) is 1.83. The monoisotopic (exact) mass is 235 g/mol. The van der Waals surface area contributed by atoms with Crippen LogP contribution in [0.25, 0.3) is 0 Å². The van der Waals surface area contributed by atoms with Crippen LogP contribution in [0.3, 0.4) is 0 Å². The van der Waals surface area contributed by atoms with Gasteiger partial charge in [-0.1, -0.05) is 18.3 Å². The first-order valence-electron chi connectivity index (χ1n) is 4.32. The Kier molecular flexibility index (Phi) is 2.94. The van der Waals surface area contributed by atoms with Crippen molar-refractivity contribution >= 4 is 40.0 Å². The van der Waals surface area contributed by atoms with Crippen molar-refractivity contribution in [2.75, 3.05) is 5.32 Å². The molecule has 0 amide bonds. The zero-order valence-corrected chi connectivity index (χ0v) is 9.44. The number of nitrogens with two attached hydrogens (primary N) is 1. The van der Waals surface area contributed by atoms with Crippen LogP contribution in [-0.2, 0) is 0 Å². The number of hydrogen-bond donors (Lipinski definition) is 2. The van der Waals surface area contributed by atoms with Gasteiger partial charge in [-0.15, -0.1) is 0 Å². The molecular formula is C10H9N3S2. The highest BCUT2D eigenvalue weighted by molar-refractivity contribution is 7.80. The number of aromatic nitrogens is 1. The minimum atomic E-state index is 0.309. The first kappa shape index (κ1) is 10.1. The number of hydrogen-bond acceptors (Lipinski definition) is 4. The zero-order valence-electron chi connectivity index (χ0n) is 7.81. The van der Waals surface area contributed by atoms with E-state index in [0.29, 0.717) is 10.7 Å². The average molecular weight is 235 g/mol. The van der Waals surface area contributed by atoms with Gasteiger partial charge in [0.2, 0.25) is 0 Å². The zero-order chi connectivity index (χ0) is 10.7. The summed E-state index contributed by atoms with van der Waals surface area (Å²) in [5.41, 5.74) is 7.15. The lowest BCUT2D eigenvalue weighted by Crippen LogP contribution is -2.11. The van der Waals surface area contributed by atoms with Gasteiger partial charge < -0.3 is 11.1 Å². The average Bonchev–Trinajstić information content (AvgIpc) is 2.71. The molecule has 0 atom stereocenters. The summed E-state index contributed by atoms with van der Waals surface area (Å²) in [5.74, 6) is 0.749. The van der Waals surface area contributed by atoms with E-state index >= 15 is 0 Å². The Morgan fingerprint density at radius 1 is 1.40 bits per heavy atom. The highest BCUT2D eigenvalue weighted by Gasteiger charge is 2.00. The van der Waals surface area contributed by atoms with Crippen LogP contribution < -0.4 is 11.1 Å². The molecule has 0 radical (unpaired) electrons. The molecule has 3 nitrogen and oxygen atoms in total. The van der Waals surface area contributed by atoms with E-state index in [1.165, 1.54) is 0 Å². The van der Waals surface area contributed by atoms with Crippen molar-refractivity contribution in [1.82, 2.24) is 4.98 Å². The third-order valence-corrected chi connectivity index (χ3v) is 2.69. The summed E-state index contributed by atoms with van der Waals surface area (Å²) in [5, 5.41) is 7.17. The molecule has 0 bridgehead atoms. The van der Waals surface area contributed by atoms with Gasteiger partial charge >= 0.3 is 0 Å². The number of thiophene rings is 1. The highest BCUT2D eigenvalue weighted by atomic mass is 32.1. The van der Waals surface area contributed by atoms with Crippen molar-refractivity contribution in [3.8, 4) is 0 Å². The van der Waals surface area contributed by atoms with Crippen molar-refractivity contribution in [2.24, 2.45) is 5.73 Å². The van der Waals surface area contributed by atoms with Gasteiger partial charge in [-0.25, -0.2) is 4.98 Å². The molecule has 2 aromatic heterocycles. The molecule has 76 valence electrons. The molecule has 0 spiro atoms. The van der Waals surface area contributed by atoms with Gasteiger partial charge in [-0.3, -0.25) is 0 Å². The third kappa shape index (κ3) is 2.51. The summed E-state index contributed by atoms with van der Waals surface area (Å²) in [4.78, 5) is 4.58. The quantitative estimate of drug-likeness (QED) is 0.803. The fourth-order valence-electron chi connectivity index (χ4n) is 1.13. The first-order chi connectivity index (χ1) is 7.25. The topological polar surface area (TPSA) is 50.9 Å². The maximum absolute atomic E-state index is 5.50. The first-order valence-corrected chi connectivity index (χ1v) is 5.67. The molecule has 2 rings (SSSR count). The van der Waals surface area contributed by atoms with Crippen molar-refractivity contribution in [2.45, 2.75) is 0 Å². The van der Waals surface area contributed by atoms with E-state index in [0.717, 1.165) is 11.5 Å². The van der Waals surface area contributed by atoms with Gasteiger partial charge in [0.15, 0.2) is 0 Å². The molecule has 0 aliphatic rings. The Labute approximate surface area is 97.0 Å². The van der Waals surface area contributed by atoms with Crippen LogP contribution in [0.2, 0.25) is 0 Å². The van der Waals surface area contributed by atoms with Crippen LogP contribution in [-0.4, -0.2) is 9.97 Å². The van der Waals surface area contributed by atoms with E-state index < -0.39 is 0 Å². The highest BCUT2D eigenvalue weighted by Crippen LogP contribution is 2.17. The lowest BCUT2D eigenvalue weighted by Gasteiger charge is -2.04. The third-order valence-electron chi connectivity index (χ3n) is 1.80. The number of anilines is 2. The van der Waals surface area contributed by atoms with Gasteiger partial charge in [0.05, 0.1) is 11.4 Å². The Bertz CT molecular complexity index is 465. The molecule has 0 saturated carbocycles. The summed E-state index contributed by atoms with van der Waals surface area (Å²) in [6.45, 7) is 0. The van der Waals surface area contributed by atoms with Gasteiger partial charge in [0, 0.05) is 5.38 Å².